The Morgan fingerprint density at radius 3 is 2.37 bits per heavy atom. The summed E-state index contributed by atoms with van der Waals surface area (Å²) in [5, 5.41) is 13.9. The summed E-state index contributed by atoms with van der Waals surface area (Å²) < 4.78 is 5.37. The van der Waals surface area contributed by atoms with E-state index in [9.17, 15) is 19.7 Å². The maximum absolute atomic E-state index is 12.4. The van der Waals surface area contributed by atoms with Crippen molar-refractivity contribution < 1.29 is 19.2 Å². The molecular formula is C21H24N4O5. The number of nitrogens with zero attached hydrogens (tertiary/aromatic N) is 3. The maximum Gasteiger partial charge on any atom is 0.310 e. The van der Waals surface area contributed by atoms with E-state index in [1.807, 2.05) is 35.2 Å². The summed E-state index contributed by atoms with van der Waals surface area (Å²) in [5.74, 6) is -0.218. The van der Waals surface area contributed by atoms with Gasteiger partial charge in [0.15, 0.2) is 12.4 Å². The van der Waals surface area contributed by atoms with Crippen molar-refractivity contribution in [3.05, 3.63) is 70.3 Å². The van der Waals surface area contributed by atoms with E-state index in [-0.39, 0.29) is 36.4 Å². The first-order chi connectivity index (χ1) is 14.5. The summed E-state index contributed by atoms with van der Waals surface area (Å²) in [7, 11) is 0. The van der Waals surface area contributed by atoms with Crippen LogP contribution in [0.2, 0.25) is 0 Å². The van der Waals surface area contributed by atoms with Crippen LogP contribution in [0.5, 0.6) is 5.75 Å². The number of hydrogen-bond donors (Lipinski definition) is 1. The van der Waals surface area contributed by atoms with Crippen LogP contribution in [0, 0.1) is 10.1 Å². The molecule has 0 bridgehead atoms. The third-order valence-corrected chi connectivity index (χ3v) is 4.84. The molecule has 0 radical (unpaired) electrons. The molecule has 1 saturated heterocycles. The summed E-state index contributed by atoms with van der Waals surface area (Å²) in [4.78, 5) is 38.6. The van der Waals surface area contributed by atoms with Gasteiger partial charge in [-0.1, -0.05) is 42.5 Å². The van der Waals surface area contributed by atoms with Crippen molar-refractivity contribution in [1.29, 1.82) is 0 Å². The third kappa shape index (κ3) is 6.02. The van der Waals surface area contributed by atoms with E-state index in [4.69, 9.17) is 4.74 Å². The number of rotatable bonds is 8. The maximum atomic E-state index is 12.4. The van der Waals surface area contributed by atoms with Gasteiger partial charge in [0.2, 0.25) is 5.91 Å². The van der Waals surface area contributed by atoms with Crippen LogP contribution in [0.15, 0.2) is 54.6 Å². The standard InChI is InChI=1S/C21H24N4O5/c26-20(22-14-17-6-2-1-3-7-17)15-23-10-12-24(13-11-23)21(27)16-30-19-9-5-4-8-18(19)25(28)29/h1-9H,10-16H2,(H,22,26). The molecule has 0 aromatic heterocycles. The molecule has 1 aliphatic heterocycles. The molecule has 2 aromatic carbocycles. The molecule has 0 aliphatic carbocycles. The normalized spacial score (nSPS) is 14.2. The average molecular weight is 412 g/mol. The Balaban J connectivity index is 1.39. The van der Waals surface area contributed by atoms with Gasteiger partial charge in [-0.15, -0.1) is 0 Å². The van der Waals surface area contributed by atoms with Crippen LogP contribution in [0.1, 0.15) is 5.56 Å². The number of carbonyl (C=O) groups is 2. The Morgan fingerprint density at radius 2 is 1.67 bits per heavy atom. The van der Waals surface area contributed by atoms with Crippen LogP contribution in [-0.2, 0) is 16.1 Å². The lowest BCUT2D eigenvalue weighted by Gasteiger charge is -2.34. The van der Waals surface area contributed by atoms with Crippen LogP contribution < -0.4 is 10.1 Å². The summed E-state index contributed by atoms with van der Waals surface area (Å²) >= 11 is 0. The number of benzene rings is 2. The zero-order chi connectivity index (χ0) is 21.3. The second-order valence-electron chi connectivity index (χ2n) is 6.93. The minimum Gasteiger partial charge on any atom is -0.477 e. The van der Waals surface area contributed by atoms with Crippen molar-refractivity contribution in [2.75, 3.05) is 39.3 Å². The van der Waals surface area contributed by atoms with Crippen molar-refractivity contribution in [3.63, 3.8) is 0 Å². The lowest BCUT2D eigenvalue weighted by atomic mass is 10.2. The molecule has 158 valence electrons. The zero-order valence-corrected chi connectivity index (χ0v) is 16.5. The second kappa shape index (κ2) is 10.4. The molecule has 30 heavy (non-hydrogen) atoms. The van der Waals surface area contributed by atoms with Crippen molar-refractivity contribution in [2.45, 2.75) is 6.54 Å². The fraction of sp³-hybridized carbons (Fsp3) is 0.333. The largest absolute Gasteiger partial charge is 0.477 e. The fourth-order valence-corrected chi connectivity index (χ4v) is 3.17. The minimum absolute atomic E-state index is 0.0571. The molecule has 1 aliphatic rings. The van der Waals surface area contributed by atoms with Gasteiger partial charge in [-0.3, -0.25) is 24.6 Å². The van der Waals surface area contributed by atoms with Crippen molar-refractivity contribution >= 4 is 17.5 Å². The highest BCUT2D eigenvalue weighted by molar-refractivity contribution is 5.79. The lowest BCUT2D eigenvalue weighted by molar-refractivity contribution is -0.385. The fourth-order valence-electron chi connectivity index (χ4n) is 3.17. The molecule has 2 aromatic rings. The third-order valence-electron chi connectivity index (χ3n) is 4.84. The average Bonchev–Trinajstić information content (AvgIpc) is 2.77. The summed E-state index contributed by atoms with van der Waals surface area (Å²) in [5.41, 5.74) is 0.872. The van der Waals surface area contributed by atoms with Crippen molar-refractivity contribution in [2.24, 2.45) is 0 Å². The molecule has 0 saturated carbocycles. The minimum atomic E-state index is -0.540. The molecule has 1 N–H and O–H groups in total. The molecule has 1 fully saturated rings. The van der Waals surface area contributed by atoms with Crippen LogP contribution in [-0.4, -0.2) is 65.9 Å². The van der Waals surface area contributed by atoms with Crippen LogP contribution >= 0.6 is 0 Å². The van der Waals surface area contributed by atoms with Gasteiger partial charge < -0.3 is 15.0 Å². The Bertz CT molecular complexity index is 882. The van der Waals surface area contributed by atoms with Gasteiger partial charge in [0.1, 0.15) is 0 Å². The molecule has 9 heteroatoms. The number of amides is 2. The quantitative estimate of drug-likeness (QED) is 0.520. The molecule has 0 spiro atoms. The lowest BCUT2D eigenvalue weighted by Crippen LogP contribution is -2.52. The molecular weight excluding hydrogens is 388 g/mol. The number of nitrogens with one attached hydrogen (secondary N) is 1. The first kappa shape index (κ1) is 21.3. The highest BCUT2D eigenvalue weighted by Gasteiger charge is 2.23. The van der Waals surface area contributed by atoms with Crippen LogP contribution in [0.4, 0.5) is 5.69 Å². The van der Waals surface area contributed by atoms with Gasteiger partial charge in [-0.05, 0) is 11.6 Å². The topological polar surface area (TPSA) is 105 Å². The van der Waals surface area contributed by atoms with E-state index in [1.165, 1.54) is 12.1 Å². The highest BCUT2D eigenvalue weighted by atomic mass is 16.6. The number of ether oxygens (including phenoxy) is 1. The Labute approximate surface area is 174 Å². The van der Waals surface area contributed by atoms with Crippen LogP contribution in [0.3, 0.4) is 0 Å². The van der Waals surface area contributed by atoms with Crippen molar-refractivity contribution in [3.8, 4) is 5.75 Å². The Hall–Kier alpha value is -3.46. The van der Waals surface area contributed by atoms with Gasteiger partial charge in [0, 0.05) is 38.8 Å². The van der Waals surface area contributed by atoms with Crippen molar-refractivity contribution in [1.82, 2.24) is 15.1 Å². The van der Waals surface area contributed by atoms with E-state index in [2.05, 4.69) is 5.32 Å². The Morgan fingerprint density at radius 1 is 1.00 bits per heavy atom. The number of nitro groups is 1. The van der Waals surface area contributed by atoms with Gasteiger partial charge in [0.05, 0.1) is 11.5 Å². The van der Waals surface area contributed by atoms with Gasteiger partial charge >= 0.3 is 5.69 Å². The molecule has 0 atom stereocenters. The number of nitro benzene ring substituents is 1. The Kier molecular flexibility index (Phi) is 7.34. The zero-order valence-electron chi connectivity index (χ0n) is 16.5. The molecule has 2 amide bonds. The van der Waals surface area contributed by atoms with Crippen LogP contribution in [0.25, 0.3) is 0 Å². The summed E-state index contributed by atoms with van der Waals surface area (Å²) in [6.45, 7) is 2.62. The number of para-hydroxylation sites is 2. The van der Waals surface area contributed by atoms with Gasteiger partial charge in [0.25, 0.3) is 5.91 Å². The number of hydrogen-bond acceptors (Lipinski definition) is 6. The van der Waals surface area contributed by atoms with E-state index in [0.717, 1.165) is 5.56 Å². The van der Waals surface area contributed by atoms with Gasteiger partial charge in [-0.25, -0.2) is 0 Å². The second-order valence-corrected chi connectivity index (χ2v) is 6.93. The van der Waals surface area contributed by atoms with Gasteiger partial charge in [-0.2, -0.15) is 0 Å². The van der Waals surface area contributed by atoms with E-state index >= 15 is 0 Å². The molecule has 3 rings (SSSR count). The first-order valence-electron chi connectivity index (χ1n) is 9.70. The predicted molar refractivity (Wildman–Crippen MR) is 110 cm³/mol. The first-order valence-corrected chi connectivity index (χ1v) is 9.70. The molecule has 1 heterocycles. The molecule has 0 unspecified atom stereocenters. The number of carbonyl (C=O) groups excluding carboxylic acids is 2. The van der Waals surface area contributed by atoms with E-state index < -0.39 is 4.92 Å². The SMILES string of the molecule is O=C(CN1CCN(C(=O)COc2ccccc2[N+](=O)[O-])CC1)NCc1ccccc1. The summed E-state index contributed by atoms with van der Waals surface area (Å²) in [6.07, 6.45) is 0. The van der Waals surface area contributed by atoms with E-state index in [0.29, 0.717) is 32.7 Å². The predicted octanol–water partition coefficient (Wildman–Crippen LogP) is 1.43. The molecule has 9 nitrogen and oxygen atoms in total. The summed E-state index contributed by atoms with van der Waals surface area (Å²) in [6, 6.07) is 15.7. The van der Waals surface area contributed by atoms with E-state index in [1.54, 1.807) is 17.0 Å². The number of piperazine rings is 1. The smallest absolute Gasteiger partial charge is 0.310 e. The highest BCUT2D eigenvalue weighted by Crippen LogP contribution is 2.25. The monoisotopic (exact) mass is 412 g/mol.